The zero-order valence-electron chi connectivity index (χ0n) is 7.74. The fourth-order valence-electron chi connectivity index (χ4n) is 1.39. The molecular weight excluding hydrogens is 242 g/mol. The molecule has 0 atom stereocenters. The van der Waals surface area contributed by atoms with Crippen LogP contribution in [-0.4, -0.2) is 9.55 Å². The summed E-state index contributed by atoms with van der Waals surface area (Å²) < 4.78 is 2.89. The van der Waals surface area contributed by atoms with E-state index < -0.39 is 0 Å². The molecule has 1 aromatic heterocycles. The summed E-state index contributed by atoms with van der Waals surface area (Å²) >= 11 is 3.45. The number of benzene rings is 1. The third-order valence-electron chi connectivity index (χ3n) is 1.97. The Hall–Kier alpha value is -1.29. The Morgan fingerprint density at radius 3 is 2.71 bits per heavy atom. The summed E-state index contributed by atoms with van der Waals surface area (Å²) in [6.45, 7) is 2.04. The topological polar surface area (TPSA) is 43.8 Å². The molecule has 0 aliphatic carbocycles. The number of halogens is 1. The van der Waals surface area contributed by atoms with Crippen molar-refractivity contribution in [1.29, 1.82) is 0 Å². The average molecular weight is 252 g/mol. The SMILES string of the molecule is Cc1cc(Br)cc(-n2ccnc2N)c1. The molecule has 2 N–H and O–H groups in total. The molecule has 0 aliphatic rings. The molecule has 0 amide bonds. The summed E-state index contributed by atoms with van der Waals surface area (Å²) in [5.41, 5.74) is 7.91. The molecule has 2 aromatic rings. The van der Waals surface area contributed by atoms with Gasteiger partial charge in [-0.2, -0.15) is 0 Å². The number of anilines is 1. The maximum Gasteiger partial charge on any atom is 0.204 e. The van der Waals surface area contributed by atoms with Crippen molar-refractivity contribution in [3.05, 3.63) is 40.6 Å². The van der Waals surface area contributed by atoms with Gasteiger partial charge in [-0.1, -0.05) is 15.9 Å². The Morgan fingerprint density at radius 1 is 1.36 bits per heavy atom. The summed E-state index contributed by atoms with van der Waals surface area (Å²) in [5, 5.41) is 0. The van der Waals surface area contributed by atoms with Gasteiger partial charge in [0.15, 0.2) is 0 Å². The van der Waals surface area contributed by atoms with Crippen molar-refractivity contribution in [2.24, 2.45) is 0 Å². The Labute approximate surface area is 90.7 Å². The van der Waals surface area contributed by atoms with E-state index in [-0.39, 0.29) is 0 Å². The van der Waals surface area contributed by atoms with Gasteiger partial charge in [0.05, 0.1) is 0 Å². The minimum Gasteiger partial charge on any atom is -0.369 e. The van der Waals surface area contributed by atoms with E-state index in [9.17, 15) is 0 Å². The van der Waals surface area contributed by atoms with E-state index in [0.29, 0.717) is 5.95 Å². The maximum absolute atomic E-state index is 5.71. The first kappa shape index (κ1) is 9.27. The molecule has 2 rings (SSSR count). The predicted molar refractivity (Wildman–Crippen MR) is 60.4 cm³/mol. The average Bonchev–Trinajstić information content (AvgIpc) is 2.49. The second-order valence-corrected chi connectivity index (χ2v) is 4.06. The summed E-state index contributed by atoms with van der Waals surface area (Å²) in [7, 11) is 0. The summed E-state index contributed by atoms with van der Waals surface area (Å²) in [6.07, 6.45) is 3.53. The van der Waals surface area contributed by atoms with E-state index in [1.165, 1.54) is 5.56 Å². The van der Waals surface area contributed by atoms with Gasteiger partial charge in [0.2, 0.25) is 5.95 Å². The summed E-state index contributed by atoms with van der Waals surface area (Å²) in [4.78, 5) is 3.98. The number of nitrogens with zero attached hydrogens (tertiary/aromatic N) is 2. The van der Waals surface area contributed by atoms with Gasteiger partial charge in [-0.3, -0.25) is 4.57 Å². The fraction of sp³-hybridized carbons (Fsp3) is 0.100. The third-order valence-corrected chi connectivity index (χ3v) is 2.43. The van der Waals surface area contributed by atoms with Crippen LogP contribution in [0, 0.1) is 6.92 Å². The van der Waals surface area contributed by atoms with Gasteiger partial charge in [-0.15, -0.1) is 0 Å². The number of aromatic nitrogens is 2. The standard InChI is InChI=1S/C10H10BrN3/c1-7-4-8(11)6-9(5-7)14-3-2-13-10(14)12/h2-6H,1H3,(H2,12,13). The van der Waals surface area contributed by atoms with Gasteiger partial charge in [0.25, 0.3) is 0 Å². The molecule has 4 heteroatoms. The number of aryl methyl sites for hydroxylation is 1. The Morgan fingerprint density at radius 2 is 2.14 bits per heavy atom. The van der Waals surface area contributed by atoms with Crippen LogP contribution in [0.2, 0.25) is 0 Å². The highest BCUT2D eigenvalue weighted by atomic mass is 79.9. The predicted octanol–water partition coefficient (Wildman–Crippen LogP) is 2.53. The van der Waals surface area contributed by atoms with Crippen molar-refractivity contribution in [2.75, 3.05) is 5.73 Å². The summed E-state index contributed by atoms with van der Waals surface area (Å²) in [6, 6.07) is 6.12. The number of rotatable bonds is 1. The van der Waals surface area contributed by atoms with Crippen LogP contribution >= 0.6 is 15.9 Å². The highest BCUT2D eigenvalue weighted by Gasteiger charge is 2.02. The van der Waals surface area contributed by atoms with E-state index in [4.69, 9.17) is 5.73 Å². The maximum atomic E-state index is 5.71. The van der Waals surface area contributed by atoms with Crippen molar-refractivity contribution in [3.63, 3.8) is 0 Å². The molecule has 3 nitrogen and oxygen atoms in total. The minimum absolute atomic E-state index is 0.502. The van der Waals surface area contributed by atoms with Crippen LogP contribution in [0.4, 0.5) is 5.95 Å². The smallest absolute Gasteiger partial charge is 0.204 e. The number of imidazole rings is 1. The number of hydrogen-bond donors (Lipinski definition) is 1. The van der Waals surface area contributed by atoms with Gasteiger partial charge >= 0.3 is 0 Å². The minimum atomic E-state index is 0.502. The zero-order chi connectivity index (χ0) is 10.1. The van der Waals surface area contributed by atoms with Crippen LogP contribution in [0.5, 0.6) is 0 Å². The van der Waals surface area contributed by atoms with E-state index in [1.54, 1.807) is 6.20 Å². The lowest BCUT2D eigenvalue weighted by molar-refractivity contribution is 1.07. The normalized spacial score (nSPS) is 10.4. The third kappa shape index (κ3) is 1.65. The zero-order valence-corrected chi connectivity index (χ0v) is 9.32. The van der Waals surface area contributed by atoms with Gasteiger partial charge < -0.3 is 5.73 Å². The highest BCUT2D eigenvalue weighted by molar-refractivity contribution is 9.10. The van der Waals surface area contributed by atoms with Crippen molar-refractivity contribution in [1.82, 2.24) is 9.55 Å². The van der Waals surface area contributed by atoms with E-state index in [1.807, 2.05) is 23.8 Å². The molecule has 1 heterocycles. The molecule has 0 saturated heterocycles. The van der Waals surface area contributed by atoms with E-state index >= 15 is 0 Å². The molecule has 0 fully saturated rings. The Balaban J connectivity index is 2.57. The second-order valence-electron chi connectivity index (χ2n) is 3.14. The first-order valence-electron chi connectivity index (χ1n) is 4.23. The number of hydrogen-bond acceptors (Lipinski definition) is 2. The van der Waals surface area contributed by atoms with Crippen molar-refractivity contribution in [3.8, 4) is 5.69 Å². The second kappa shape index (κ2) is 3.46. The quantitative estimate of drug-likeness (QED) is 0.847. The first-order valence-corrected chi connectivity index (χ1v) is 5.02. The van der Waals surface area contributed by atoms with E-state index in [0.717, 1.165) is 10.2 Å². The Kier molecular flexibility index (Phi) is 2.29. The van der Waals surface area contributed by atoms with Crippen LogP contribution in [0.3, 0.4) is 0 Å². The fourth-order valence-corrected chi connectivity index (χ4v) is 1.99. The molecule has 0 aliphatic heterocycles. The first-order chi connectivity index (χ1) is 6.66. The lowest BCUT2D eigenvalue weighted by Gasteiger charge is -2.06. The van der Waals surface area contributed by atoms with Crippen molar-refractivity contribution >= 4 is 21.9 Å². The molecule has 0 bridgehead atoms. The molecule has 0 spiro atoms. The summed E-state index contributed by atoms with van der Waals surface area (Å²) in [5.74, 6) is 0.502. The van der Waals surface area contributed by atoms with Crippen LogP contribution in [0.25, 0.3) is 5.69 Å². The number of nitrogen functional groups attached to an aromatic ring is 1. The van der Waals surface area contributed by atoms with Gasteiger partial charge in [-0.05, 0) is 30.7 Å². The number of nitrogens with two attached hydrogens (primary N) is 1. The van der Waals surface area contributed by atoms with E-state index in [2.05, 4.69) is 33.0 Å². The molecule has 72 valence electrons. The van der Waals surface area contributed by atoms with Crippen LogP contribution in [-0.2, 0) is 0 Å². The highest BCUT2D eigenvalue weighted by Crippen LogP contribution is 2.19. The lowest BCUT2D eigenvalue weighted by atomic mass is 10.2. The molecule has 14 heavy (non-hydrogen) atoms. The van der Waals surface area contributed by atoms with Gasteiger partial charge in [-0.25, -0.2) is 4.98 Å². The van der Waals surface area contributed by atoms with Crippen LogP contribution < -0.4 is 5.73 Å². The van der Waals surface area contributed by atoms with Crippen LogP contribution in [0.1, 0.15) is 5.56 Å². The molecule has 1 aromatic carbocycles. The molecule has 0 saturated carbocycles. The lowest BCUT2D eigenvalue weighted by Crippen LogP contribution is -1.99. The van der Waals surface area contributed by atoms with Gasteiger partial charge in [0, 0.05) is 22.6 Å². The van der Waals surface area contributed by atoms with Crippen LogP contribution in [0.15, 0.2) is 35.1 Å². The van der Waals surface area contributed by atoms with Gasteiger partial charge in [0.1, 0.15) is 0 Å². The Bertz CT molecular complexity index is 442. The molecule has 0 unspecified atom stereocenters. The monoisotopic (exact) mass is 251 g/mol. The largest absolute Gasteiger partial charge is 0.369 e. The van der Waals surface area contributed by atoms with Crippen molar-refractivity contribution in [2.45, 2.75) is 6.92 Å². The molecular formula is C10H10BrN3. The molecule has 0 radical (unpaired) electrons. The van der Waals surface area contributed by atoms with Crippen molar-refractivity contribution < 1.29 is 0 Å².